The van der Waals surface area contributed by atoms with Crippen LogP contribution in [0.25, 0.3) is 0 Å². The molecule has 2 rings (SSSR count). The first-order chi connectivity index (χ1) is 6.77. The van der Waals surface area contributed by atoms with Crippen molar-refractivity contribution in [2.24, 2.45) is 5.92 Å². The average Bonchev–Trinajstić information content (AvgIpc) is 2.71. The lowest BCUT2D eigenvalue weighted by atomic mass is 9.95. The van der Waals surface area contributed by atoms with Crippen LogP contribution in [0.4, 0.5) is 0 Å². The Bertz CT molecular complexity index is 291. The zero-order valence-corrected chi connectivity index (χ0v) is 9.98. The largest absolute Gasteiger partial charge is 0.388 e. The van der Waals surface area contributed by atoms with Crippen molar-refractivity contribution < 1.29 is 9.84 Å². The second-order valence-corrected chi connectivity index (χ2v) is 4.87. The second-order valence-electron chi connectivity index (χ2n) is 3.62. The van der Waals surface area contributed by atoms with E-state index in [-0.39, 0.29) is 12.0 Å². The molecule has 0 amide bonds. The maximum absolute atomic E-state index is 10.0. The van der Waals surface area contributed by atoms with Gasteiger partial charge in [-0.1, -0.05) is 12.1 Å². The highest BCUT2D eigenvalue weighted by molar-refractivity contribution is 14.1. The van der Waals surface area contributed by atoms with Crippen LogP contribution < -0.4 is 0 Å². The van der Waals surface area contributed by atoms with Gasteiger partial charge in [-0.15, -0.1) is 0 Å². The number of hydrogen-bond donors (Lipinski definition) is 1. The summed E-state index contributed by atoms with van der Waals surface area (Å²) in [6.07, 6.45) is 0.599. The van der Waals surface area contributed by atoms with Gasteiger partial charge in [0, 0.05) is 16.1 Å². The Hall–Kier alpha value is -0.130. The third kappa shape index (κ3) is 2.27. The predicted molar refractivity (Wildman–Crippen MR) is 63.0 cm³/mol. The summed E-state index contributed by atoms with van der Waals surface area (Å²) in [5, 5.41) is 10.0. The topological polar surface area (TPSA) is 29.5 Å². The summed E-state index contributed by atoms with van der Waals surface area (Å²) in [6.45, 7) is 1.47. The maximum Gasteiger partial charge on any atom is 0.0841 e. The number of aliphatic hydroxyl groups excluding tert-OH is 1. The second kappa shape index (κ2) is 4.59. The van der Waals surface area contributed by atoms with Crippen molar-refractivity contribution in [3.05, 3.63) is 33.4 Å². The Morgan fingerprint density at radius 2 is 2.07 bits per heavy atom. The Morgan fingerprint density at radius 1 is 1.36 bits per heavy atom. The van der Waals surface area contributed by atoms with Crippen molar-refractivity contribution in [3.8, 4) is 0 Å². The van der Waals surface area contributed by atoms with Crippen molar-refractivity contribution >= 4 is 22.6 Å². The summed E-state index contributed by atoms with van der Waals surface area (Å²) in [5.41, 5.74) is 1.00. The highest BCUT2D eigenvalue weighted by Crippen LogP contribution is 2.28. The SMILES string of the molecule is OC(c1ccc(I)cc1)C1CCOC1. The van der Waals surface area contributed by atoms with Crippen molar-refractivity contribution in [1.29, 1.82) is 0 Å². The quantitative estimate of drug-likeness (QED) is 0.850. The highest BCUT2D eigenvalue weighted by atomic mass is 127. The van der Waals surface area contributed by atoms with Crippen molar-refractivity contribution in [1.82, 2.24) is 0 Å². The molecule has 2 nitrogen and oxygen atoms in total. The van der Waals surface area contributed by atoms with Gasteiger partial charge in [-0.25, -0.2) is 0 Å². The Morgan fingerprint density at radius 3 is 2.64 bits per heavy atom. The molecule has 2 atom stereocenters. The van der Waals surface area contributed by atoms with Gasteiger partial charge < -0.3 is 9.84 Å². The molecule has 1 N–H and O–H groups in total. The lowest BCUT2D eigenvalue weighted by molar-refractivity contribution is 0.0918. The Kier molecular flexibility index (Phi) is 3.41. The molecule has 1 saturated heterocycles. The van der Waals surface area contributed by atoms with Crippen LogP contribution in [0, 0.1) is 9.49 Å². The molecule has 1 aromatic rings. The monoisotopic (exact) mass is 304 g/mol. The molecule has 76 valence electrons. The summed E-state index contributed by atoms with van der Waals surface area (Å²) in [7, 11) is 0. The molecule has 2 unspecified atom stereocenters. The van der Waals surface area contributed by atoms with Gasteiger partial charge in [0.25, 0.3) is 0 Å². The van der Waals surface area contributed by atoms with E-state index >= 15 is 0 Å². The van der Waals surface area contributed by atoms with Crippen molar-refractivity contribution in [2.45, 2.75) is 12.5 Å². The number of halogens is 1. The van der Waals surface area contributed by atoms with E-state index < -0.39 is 0 Å². The van der Waals surface area contributed by atoms with Crippen LogP contribution in [0.1, 0.15) is 18.1 Å². The molecule has 1 aliphatic heterocycles. The van der Waals surface area contributed by atoms with Crippen molar-refractivity contribution in [2.75, 3.05) is 13.2 Å². The highest BCUT2D eigenvalue weighted by Gasteiger charge is 2.24. The van der Waals surface area contributed by atoms with E-state index in [1.54, 1.807) is 0 Å². The van der Waals surface area contributed by atoms with Gasteiger partial charge in [0.2, 0.25) is 0 Å². The summed E-state index contributed by atoms with van der Waals surface area (Å²) < 4.78 is 6.46. The standard InChI is InChI=1S/C11H13IO2/c12-10-3-1-8(2-4-10)11(13)9-5-6-14-7-9/h1-4,9,11,13H,5-7H2. The zero-order chi connectivity index (χ0) is 9.97. The molecule has 14 heavy (non-hydrogen) atoms. The van der Waals surface area contributed by atoms with E-state index in [9.17, 15) is 5.11 Å². The first-order valence-electron chi connectivity index (χ1n) is 4.78. The van der Waals surface area contributed by atoms with Gasteiger partial charge in [-0.05, 0) is 46.7 Å². The number of aliphatic hydroxyl groups is 1. The maximum atomic E-state index is 10.0. The number of ether oxygens (including phenoxy) is 1. The van der Waals surface area contributed by atoms with Crippen LogP contribution in [-0.4, -0.2) is 18.3 Å². The first kappa shape index (κ1) is 10.4. The molecule has 0 aliphatic carbocycles. The van der Waals surface area contributed by atoms with Crippen molar-refractivity contribution in [3.63, 3.8) is 0 Å². The fourth-order valence-electron chi connectivity index (χ4n) is 1.73. The lowest BCUT2D eigenvalue weighted by Gasteiger charge is -2.16. The molecule has 3 heteroatoms. The molecule has 1 aliphatic rings. The zero-order valence-electron chi connectivity index (χ0n) is 7.82. The van der Waals surface area contributed by atoms with Crippen LogP contribution in [0.5, 0.6) is 0 Å². The summed E-state index contributed by atoms with van der Waals surface area (Å²) in [4.78, 5) is 0. The smallest absolute Gasteiger partial charge is 0.0841 e. The van der Waals surface area contributed by atoms with E-state index in [0.29, 0.717) is 6.61 Å². The summed E-state index contributed by atoms with van der Waals surface area (Å²) in [5.74, 6) is 0.273. The van der Waals surface area contributed by atoms with Gasteiger partial charge in [0.05, 0.1) is 12.7 Å². The van der Waals surface area contributed by atoms with Crippen LogP contribution in [0.15, 0.2) is 24.3 Å². The molecule has 1 fully saturated rings. The molecule has 1 aromatic carbocycles. The van der Waals surface area contributed by atoms with Crippen LogP contribution in [0.2, 0.25) is 0 Å². The molecule has 0 aromatic heterocycles. The van der Waals surface area contributed by atoms with Crippen LogP contribution in [0.3, 0.4) is 0 Å². The summed E-state index contributed by atoms with van der Waals surface area (Å²) >= 11 is 2.26. The molecular weight excluding hydrogens is 291 g/mol. The van der Waals surface area contributed by atoms with Gasteiger partial charge >= 0.3 is 0 Å². The molecule has 0 spiro atoms. The van der Waals surface area contributed by atoms with E-state index in [0.717, 1.165) is 18.6 Å². The number of hydrogen-bond acceptors (Lipinski definition) is 2. The molecular formula is C11H13IO2. The Balaban J connectivity index is 2.09. The van der Waals surface area contributed by atoms with E-state index in [1.165, 1.54) is 3.57 Å². The normalized spacial score (nSPS) is 23.7. The average molecular weight is 304 g/mol. The molecule has 0 radical (unpaired) electrons. The first-order valence-corrected chi connectivity index (χ1v) is 5.86. The molecule has 0 saturated carbocycles. The predicted octanol–water partition coefficient (Wildman–Crippen LogP) is 2.36. The van der Waals surface area contributed by atoms with Gasteiger partial charge in [-0.2, -0.15) is 0 Å². The third-order valence-corrected chi connectivity index (χ3v) is 3.34. The fraction of sp³-hybridized carbons (Fsp3) is 0.455. The van der Waals surface area contributed by atoms with E-state index in [2.05, 4.69) is 22.6 Å². The van der Waals surface area contributed by atoms with E-state index in [1.807, 2.05) is 24.3 Å². The minimum absolute atomic E-state index is 0.273. The minimum atomic E-state index is -0.366. The number of rotatable bonds is 2. The van der Waals surface area contributed by atoms with Gasteiger partial charge in [0.1, 0.15) is 0 Å². The summed E-state index contributed by atoms with van der Waals surface area (Å²) in [6, 6.07) is 8.03. The van der Waals surface area contributed by atoms with E-state index in [4.69, 9.17) is 4.74 Å². The van der Waals surface area contributed by atoms with Gasteiger partial charge in [-0.3, -0.25) is 0 Å². The molecule has 0 bridgehead atoms. The minimum Gasteiger partial charge on any atom is -0.388 e. The van der Waals surface area contributed by atoms with Gasteiger partial charge in [0.15, 0.2) is 0 Å². The van der Waals surface area contributed by atoms with Crippen LogP contribution >= 0.6 is 22.6 Å². The molecule has 1 heterocycles. The third-order valence-electron chi connectivity index (χ3n) is 2.62. The fourth-order valence-corrected chi connectivity index (χ4v) is 2.09. The van der Waals surface area contributed by atoms with Crippen LogP contribution in [-0.2, 0) is 4.74 Å². The Labute approximate surface area is 97.4 Å². The lowest BCUT2D eigenvalue weighted by Crippen LogP contribution is -2.12. The number of benzene rings is 1.